The minimum atomic E-state index is -1.01. The third-order valence-electron chi connectivity index (χ3n) is 6.99. The van der Waals surface area contributed by atoms with E-state index in [2.05, 4.69) is 5.32 Å². The summed E-state index contributed by atoms with van der Waals surface area (Å²) in [5.74, 6) is -3.83. The van der Waals surface area contributed by atoms with Gasteiger partial charge < -0.3 is 29.4 Å². The van der Waals surface area contributed by atoms with Gasteiger partial charge >= 0.3 is 0 Å². The summed E-state index contributed by atoms with van der Waals surface area (Å²) in [6, 6.07) is 2.74. The number of carbonyl (C=O) groups is 2. The van der Waals surface area contributed by atoms with Crippen molar-refractivity contribution in [3.63, 3.8) is 0 Å². The summed E-state index contributed by atoms with van der Waals surface area (Å²) < 4.78 is 40.2. The lowest BCUT2D eigenvalue weighted by molar-refractivity contribution is -0.229. The summed E-state index contributed by atoms with van der Waals surface area (Å²) in [5, 5.41) is 13.0. The fourth-order valence-corrected chi connectivity index (χ4v) is 5.24. The number of pyridine rings is 1. The van der Waals surface area contributed by atoms with Gasteiger partial charge in [-0.25, -0.2) is 8.78 Å². The van der Waals surface area contributed by atoms with E-state index in [-0.39, 0.29) is 30.4 Å². The number of carbonyl (C=O) groups excluding carboxylic acids is 2. The van der Waals surface area contributed by atoms with Crippen molar-refractivity contribution in [3.05, 3.63) is 63.1 Å². The summed E-state index contributed by atoms with van der Waals surface area (Å²) in [6.07, 6.45) is 2.59. The number of aromatic hydroxyl groups is 1. The van der Waals surface area contributed by atoms with Gasteiger partial charge in [0, 0.05) is 56.5 Å². The van der Waals surface area contributed by atoms with E-state index in [1.165, 1.54) is 21.7 Å². The lowest BCUT2D eigenvalue weighted by atomic mass is 9.84. The molecular formula is C24H25F2N3O6. The summed E-state index contributed by atoms with van der Waals surface area (Å²) in [4.78, 5) is 40.3. The second kappa shape index (κ2) is 8.72. The van der Waals surface area contributed by atoms with Crippen molar-refractivity contribution >= 4 is 11.8 Å². The van der Waals surface area contributed by atoms with Crippen LogP contribution >= 0.6 is 0 Å². The van der Waals surface area contributed by atoms with Crippen LogP contribution in [-0.4, -0.2) is 57.5 Å². The molecule has 0 unspecified atom stereocenters. The number of amides is 2. The normalized spacial score (nSPS) is 23.1. The quantitative estimate of drug-likeness (QED) is 0.682. The summed E-state index contributed by atoms with van der Waals surface area (Å²) in [5.41, 5.74) is -2.01. The molecule has 1 aromatic heterocycles. The molecule has 186 valence electrons. The second-order valence-electron chi connectivity index (χ2n) is 9.27. The number of benzene rings is 1. The van der Waals surface area contributed by atoms with E-state index < -0.39 is 52.0 Å². The standard InChI is InChI=1S/C24H25F2N3O6/c1-13-9-24(4-6-34-7-5-24)35-18-12-28-11-16(20(30)21(31)19(28)23(33)29(13)18)22(32)27-10-14-2-3-15(25)8-17(14)26/h2-3,8,11,13,18,31H,4-7,9-10,12H2,1H3,(H,27,32)/t13-,18+/m1/s1. The minimum Gasteiger partial charge on any atom is -0.503 e. The zero-order valence-corrected chi connectivity index (χ0v) is 19.1. The van der Waals surface area contributed by atoms with Gasteiger partial charge in [-0.05, 0) is 19.4 Å². The highest BCUT2D eigenvalue weighted by Gasteiger charge is 2.49. The average Bonchev–Trinajstić information content (AvgIpc) is 2.80. The molecule has 2 atom stereocenters. The van der Waals surface area contributed by atoms with Crippen LogP contribution in [0.25, 0.3) is 0 Å². The molecular weight excluding hydrogens is 464 g/mol. The van der Waals surface area contributed by atoms with Crippen LogP contribution in [0.3, 0.4) is 0 Å². The molecule has 2 fully saturated rings. The first-order valence-corrected chi connectivity index (χ1v) is 11.5. The van der Waals surface area contributed by atoms with Crippen molar-refractivity contribution < 1.29 is 33.0 Å². The molecule has 35 heavy (non-hydrogen) atoms. The van der Waals surface area contributed by atoms with Gasteiger partial charge in [0.2, 0.25) is 5.43 Å². The first-order chi connectivity index (χ1) is 16.7. The molecule has 2 saturated heterocycles. The molecule has 2 amide bonds. The fraction of sp³-hybridized carbons (Fsp3) is 0.458. The van der Waals surface area contributed by atoms with E-state index in [1.54, 1.807) is 0 Å². The third-order valence-corrected chi connectivity index (χ3v) is 6.99. The predicted molar refractivity (Wildman–Crippen MR) is 118 cm³/mol. The number of ether oxygens (including phenoxy) is 2. The van der Waals surface area contributed by atoms with Gasteiger partial charge in [-0.1, -0.05) is 6.07 Å². The van der Waals surface area contributed by atoms with Crippen LogP contribution in [0.4, 0.5) is 8.78 Å². The van der Waals surface area contributed by atoms with Crippen LogP contribution in [0.5, 0.6) is 5.75 Å². The maximum Gasteiger partial charge on any atom is 0.276 e. The highest BCUT2D eigenvalue weighted by molar-refractivity contribution is 5.99. The minimum absolute atomic E-state index is 0.0270. The van der Waals surface area contributed by atoms with Crippen LogP contribution < -0.4 is 10.7 Å². The van der Waals surface area contributed by atoms with Crippen molar-refractivity contribution in [1.29, 1.82) is 0 Å². The number of rotatable bonds is 3. The number of aromatic nitrogens is 1. The molecule has 9 nitrogen and oxygen atoms in total. The lowest BCUT2D eigenvalue weighted by Gasteiger charge is -2.53. The second-order valence-corrected chi connectivity index (χ2v) is 9.27. The SMILES string of the molecule is C[C@@H]1CC2(CCOCC2)O[C@H]2Cn3cc(C(=O)NCc4ccc(F)cc4F)c(=O)c(O)c3C(=O)N12. The maximum atomic E-state index is 13.9. The predicted octanol–water partition coefficient (Wildman–Crippen LogP) is 1.90. The third kappa shape index (κ3) is 4.08. The van der Waals surface area contributed by atoms with Gasteiger partial charge in [0.15, 0.2) is 17.7 Å². The van der Waals surface area contributed by atoms with Crippen molar-refractivity contribution in [3.8, 4) is 5.75 Å². The van der Waals surface area contributed by atoms with E-state index in [4.69, 9.17) is 9.47 Å². The molecule has 2 N–H and O–H groups in total. The molecule has 0 radical (unpaired) electrons. The van der Waals surface area contributed by atoms with Gasteiger partial charge in [0.25, 0.3) is 11.8 Å². The van der Waals surface area contributed by atoms with Crippen molar-refractivity contribution in [2.24, 2.45) is 0 Å². The van der Waals surface area contributed by atoms with Gasteiger partial charge in [-0.2, -0.15) is 0 Å². The van der Waals surface area contributed by atoms with Gasteiger partial charge in [-0.3, -0.25) is 14.4 Å². The number of hydrogen-bond donors (Lipinski definition) is 2. The molecule has 2 aromatic rings. The van der Waals surface area contributed by atoms with Crippen molar-refractivity contribution in [1.82, 2.24) is 14.8 Å². The highest BCUT2D eigenvalue weighted by Crippen LogP contribution is 2.40. The molecule has 3 aliphatic heterocycles. The van der Waals surface area contributed by atoms with Gasteiger partial charge in [0.1, 0.15) is 17.2 Å². The number of hydrogen-bond acceptors (Lipinski definition) is 6. The lowest BCUT2D eigenvalue weighted by Crippen LogP contribution is -2.63. The zero-order valence-electron chi connectivity index (χ0n) is 19.1. The first kappa shape index (κ1) is 23.4. The van der Waals surface area contributed by atoms with E-state index in [0.717, 1.165) is 6.07 Å². The highest BCUT2D eigenvalue weighted by atomic mass is 19.1. The molecule has 0 aliphatic carbocycles. The molecule has 0 bridgehead atoms. The Kier molecular flexibility index (Phi) is 5.84. The first-order valence-electron chi connectivity index (χ1n) is 11.5. The Morgan fingerprint density at radius 3 is 2.71 bits per heavy atom. The molecule has 0 saturated carbocycles. The Labute approximate surface area is 199 Å². The Hall–Kier alpha value is -3.31. The number of fused-ring (bicyclic) bond motifs is 2. The summed E-state index contributed by atoms with van der Waals surface area (Å²) in [6.45, 7) is 2.86. The van der Waals surface area contributed by atoms with E-state index in [0.29, 0.717) is 38.5 Å². The van der Waals surface area contributed by atoms with Crippen LogP contribution in [0, 0.1) is 11.6 Å². The monoisotopic (exact) mass is 489 g/mol. The number of nitrogens with zero attached hydrogens (tertiary/aromatic N) is 2. The smallest absolute Gasteiger partial charge is 0.276 e. The Morgan fingerprint density at radius 1 is 1.26 bits per heavy atom. The molecule has 5 rings (SSSR count). The van der Waals surface area contributed by atoms with Crippen LogP contribution in [-0.2, 0) is 22.6 Å². The van der Waals surface area contributed by atoms with Gasteiger partial charge in [0.05, 0.1) is 12.1 Å². The molecule has 4 heterocycles. The van der Waals surface area contributed by atoms with Crippen molar-refractivity contribution in [2.75, 3.05) is 13.2 Å². The molecule has 1 aromatic carbocycles. The zero-order chi connectivity index (χ0) is 24.9. The van der Waals surface area contributed by atoms with Crippen LogP contribution in [0.1, 0.15) is 52.6 Å². The van der Waals surface area contributed by atoms with E-state index in [1.807, 2.05) is 6.92 Å². The van der Waals surface area contributed by atoms with E-state index >= 15 is 0 Å². The van der Waals surface area contributed by atoms with E-state index in [9.17, 15) is 28.3 Å². The van der Waals surface area contributed by atoms with Crippen LogP contribution in [0.15, 0.2) is 29.2 Å². The Morgan fingerprint density at radius 2 is 2.00 bits per heavy atom. The molecule has 11 heteroatoms. The molecule has 3 aliphatic rings. The largest absolute Gasteiger partial charge is 0.503 e. The maximum absolute atomic E-state index is 13.9. The Balaban J connectivity index is 1.42. The summed E-state index contributed by atoms with van der Waals surface area (Å²) in [7, 11) is 0. The fourth-order valence-electron chi connectivity index (χ4n) is 5.24. The summed E-state index contributed by atoms with van der Waals surface area (Å²) >= 11 is 0. The molecule has 1 spiro atoms. The topological polar surface area (TPSA) is 110 Å². The van der Waals surface area contributed by atoms with Crippen molar-refractivity contribution in [2.45, 2.75) is 57.1 Å². The van der Waals surface area contributed by atoms with Gasteiger partial charge in [-0.15, -0.1) is 0 Å². The van der Waals surface area contributed by atoms with Crippen LogP contribution in [0.2, 0.25) is 0 Å². The average molecular weight is 489 g/mol. The Bertz CT molecular complexity index is 1260. The number of halogens is 2. The number of nitrogens with one attached hydrogen (secondary N) is 1.